The number of amides is 2. The number of likely N-dealkylation sites (tertiary alicyclic amines) is 1. The zero-order chi connectivity index (χ0) is 28.7. The molecule has 1 atom stereocenters. The molecule has 0 saturated carbocycles. The van der Waals surface area contributed by atoms with Crippen LogP contribution in [0, 0.1) is 0 Å². The Kier molecular flexibility index (Phi) is 7.56. The first-order chi connectivity index (χ1) is 19.2. The Morgan fingerprint density at radius 1 is 0.975 bits per heavy atom. The molecule has 3 aliphatic heterocycles. The number of carbonyl (C=O) groups excluding carboxylic acids is 3. The summed E-state index contributed by atoms with van der Waals surface area (Å²) in [4.78, 5) is 44.1. The lowest BCUT2D eigenvalue weighted by Gasteiger charge is -2.34. The third kappa shape index (κ3) is 4.15. The molecule has 0 aliphatic carbocycles. The van der Waals surface area contributed by atoms with Gasteiger partial charge < -0.3 is 19.6 Å². The molecule has 2 amide bonds. The van der Waals surface area contributed by atoms with Crippen molar-refractivity contribution in [1.29, 1.82) is 0 Å². The van der Waals surface area contributed by atoms with Gasteiger partial charge in [-0.05, 0) is 49.6 Å². The number of fused-ring (bicyclic) bond motifs is 2. The van der Waals surface area contributed by atoms with E-state index >= 15 is 0 Å². The predicted molar refractivity (Wildman–Crippen MR) is 148 cm³/mol. The van der Waals surface area contributed by atoms with Crippen molar-refractivity contribution in [3.63, 3.8) is 0 Å². The van der Waals surface area contributed by atoms with E-state index in [0.717, 1.165) is 19.3 Å². The molecule has 5 rings (SSSR count). The molecule has 40 heavy (non-hydrogen) atoms. The highest BCUT2D eigenvalue weighted by molar-refractivity contribution is 7.89. The van der Waals surface area contributed by atoms with Gasteiger partial charge in [0.2, 0.25) is 10.0 Å². The van der Waals surface area contributed by atoms with Crippen LogP contribution in [-0.4, -0.2) is 80.2 Å². The standard InChI is InChI=1S/C29H33N3O7S/c1-3-15-31-23-10-6-5-9-22(23)29(28(31)36)24(26(34)27(35)32(29)18-19-39-2)25(33)20-11-13-21(14-12-20)40(37,38)30-16-7-4-8-17-30/h5-6,9-14,33H,3-4,7-8,15-19H2,1-2H3/b25-24+. The van der Waals surface area contributed by atoms with Crippen molar-refractivity contribution < 1.29 is 32.6 Å². The molecule has 212 valence electrons. The van der Waals surface area contributed by atoms with Gasteiger partial charge in [-0.3, -0.25) is 14.4 Å². The molecular formula is C29H33N3O7S. The molecule has 2 saturated heterocycles. The topological polar surface area (TPSA) is 125 Å². The molecule has 3 heterocycles. The normalized spacial score (nSPS) is 22.9. The van der Waals surface area contributed by atoms with E-state index < -0.39 is 38.9 Å². The lowest BCUT2D eigenvalue weighted by atomic mass is 9.82. The number of rotatable bonds is 8. The minimum absolute atomic E-state index is 0.0507. The van der Waals surface area contributed by atoms with E-state index in [1.54, 1.807) is 29.2 Å². The lowest BCUT2D eigenvalue weighted by Crippen LogP contribution is -2.52. The van der Waals surface area contributed by atoms with Crippen LogP contribution in [0.3, 0.4) is 0 Å². The zero-order valence-electron chi connectivity index (χ0n) is 22.6. The Labute approximate surface area is 233 Å². The van der Waals surface area contributed by atoms with Gasteiger partial charge in [0.25, 0.3) is 17.6 Å². The Morgan fingerprint density at radius 2 is 1.65 bits per heavy atom. The first-order valence-electron chi connectivity index (χ1n) is 13.5. The van der Waals surface area contributed by atoms with Crippen molar-refractivity contribution in [3.05, 3.63) is 65.2 Å². The molecule has 1 N–H and O–H groups in total. The van der Waals surface area contributed by atoms with Gasteiger partial charge in [0.05, 0.1) is 22.8 Å². The lowest BCUT2D eigenvalue weighted by molar-refractivity contribution is -0.144. The van der Waals surface area contributed by atoms with Gasteiger partial charge >= 0.3 is 0 Å². The quantitative estimate of drug-likeness (QED) is 0.296. The van der Waals surface area contributed by atoms with E-state index in [0.29, 0.717) is 37.3 Å². The van der Waals surface area contributed by atoms with Crippen molar-refractivity contribution in [3.8, 4) is 0 Å². The van der Waals surface area contributed by atoms with Crippen LogP contribution in [0.25, 0.3) is 5.76 Å². The predicted octanol–water partition coefficient (Wildman–Crippen LogP) is 2.84. The largest absolute Gasteiger partial charge is 0.507 e. The first-order valence-corrected chi connectivity index (χ1v) is 15.0. The van der Waals surface area contributed by atoms with Crippen LogP contribution in [-0.2, 0) is 34.7 Å². The van der Waals surface area contributed by atoms with Crippen LogP contribution < -0.4 is 4.90 Å². The summed E-state index contributed by atoms with van der Waals surface area (Å²) in [5.74, 6) is -2.94. The third-order valence-corrected chi connectivity index (χ3v) is 9.77. The summed E-state index contributed by atoms with van der Waals surface area (Å²) >= 11 is 0. The minimum Gasteiger partial charge on any atom is -0.507 e. The van der Waals surface area contributed by atoms with Crippen LogP contribution in [0.15, 0.2) is 59.0 Å². The molecule has 0 bridgehead atoms. The van der Waals surface area contributed by atoms with Crippen LogP contribution in [0.5, 0.6) is 0 Å². The van der Waals surface area contributed by atoms with E-state index in [4.69, 9.17) is 4.74 Å². The van der Waals surface area contributed by atoms with Crippen molar-refractivity contribution in [2.45, 2.75) is 43.0 Å². The smallest absolute Gasteiger partial charge is 0.296 e. The van der Waals surface area contributed by atoms with Gasteiger partial charge in [0.1, 0.15) is 5.76 Å². The van der Waals surface area contributed by atoms with E-state index in [1.165, 1.54) is 40.6 Å². The number of aliphatic hydroxyl groups is 1. The third-order valence-electron chi connectivity index (χ3n) is 7.86. The van der Waals surface area contributed by atoms with Crippen molar-refractivity contribution in [1.82, 2.24) is 9.21 Å². The number of benzene rings is 2. The van der Waals surface area contributed by atoms with Gasteiger partial charge in [0, 0.05) is 44.4 Å². The molecule has 3 aliphatic rings. The van der Waals surface area contributed by atoms with Crippen LogP contribution >= 0.6 is 0 Å². The summed E-state index contributed by atoms with van der Waals surface area (Å²) in [5.41, 5.74) is -1.10. The minimum atomic E-state index is -3.71. The fourth-order valence-corrected chi connectivity index (χ4v) is 7.50. The second-order valence-corrected chi connectivity index (χ2v) is 12.1. The maximum Gasteiger partial charge on any atom is 0.296 e. The summed E-state index contributed by atoms with van der Waals surface area (Å²) in [6.45, 7) is 3.20. The number of nitrogens with zero attached hydrogens (tertiary/aromatic N) is 3. The number of sulfonamides is 1. The molecule has 10 nitrogen and oxygen atoms in total. The molecule has 1 spiro atoms. The average molecular weight is 568 g/mol. The fourth-order valence-electron chi connectivity index (χ4n) is 5.98. The monoisotopic (exact) mass is 567 g/mol. The second-order valence-electron chi connectivity index (χ2n) is 10.2. The van der Waals surface area contributed by atoms with Crippen molar-refractivity contribution in [2.24, 2.45) is 0 Å². The second kappa shape index (κ2) is 10.8. The highest BCUT2D eigenvalue weighted by Crippen LogP contribution is 2.53. The molecule has 11 heteroatoms. The summed E-state index contributed by atoms with van der Waals surface area (Å²) in [5, 5.41) is 11.6. The highest BCUT2D eigenvalue weighted by Gasteiger charge is 2.66. The number of hydrogen-bond acceptors (Lipinski definition) is 7. The molecular weight excluding hydrogens is 534 g/mol. The number of methoxy groups -OCH3 is 1. The Balaban J connectivity index is 1.66. The maximum atomic E-state index is 14.3. The number of hydrogen-bond donors (Lipinski definition) is 1. The van der Waals surface area contributed by atoms with E-state index in [9.17, 15) is 27.9 Å². The number of ketones is 1. The van der Waals surface area contributed by atoms with Gasteiger partial charge in [-0.2, -0.15) is 4.31 Å². The van der Waals surface area contributed by atoms with Gasteiger partial charge in [-0.25, -0.2) is 8.42 Å². The maximum absolute atomic E-state index is 14.3. The Hall–Kier alpha value is -3.54. The SMILES string of the molecule is CCCN1C(=O)C2(/C(=C(/O)c3ccc(S(=O)(=O)N4CCCCC4)cc3)C(=O)C(=O)N2CCOC)c2ccccc21. The number of Topliss-reactive ketones (excluding diaryl/α,β-unsaturated/α-hetero) is 1. The molecule has 2 aromatic rings. The number of anilines is 1. The Morgan fingerprint density at radius 3 is 2.30 bits per heavy atom. The molecule has 1 unspecified atom stereocenters. The average Bonchev–Trinajstić information content (AvgIpc) is 3.35. The van der Waals surface area contributed by atoms with E-state index in [1.807, 2.05) is 6.92 Å². The number of ether oxygens (including phenoxy) is 1. The highest BCUT2D eigenvalue weighted by atomic mass is 32.2. The van der Waals surface area contributed by atoms with Crippen molar-refractivity contribution in [2.75, 3.05) is 44.8 Å². The van der Waals surface area contributed by atoms with Crippen LogP contribution in [0.2, 0.25) is 0 Å². The summed E-state index contributed by atoms with van der Waals surface area (Å²) < 4.78 is 32.9. The van der Waals surface area contributed by atoms with Crippen LogP contribution in [0.4, 0.5) is 5.69 Å². The van der Waals surface area contributed by atoms with Gasteiger partial charge in [0.15, 0.2) is 5.54 Å². The summed E-state index contributed by atoms with van der Waals surface area (Å²) in [6, 6.07) is 12.5. The van der Waals surface area contributed by atoms with Gasteiger partial charge in [-0.1, -0.05) is 31.5 Å². The van der Waals surface area contributed by atoms with E-state index in [-0.39, 0.29) is 29.2 Å². The number of carbonyl (C=O) groups is 3. The van der Waals surface area contributed by atoms with E-state index in [2.05, 4.69) is 0 Å². The van der Waals surface area contributed by atoms with Crippen LogP contribution in [0.1, 0.15) is 43.7 Å². The first kappa shape index (κ1) is 28.0. The number of aliphatic hydroxyl groups excluding tert-OH is 1. The summed E-state index contributed by atoms with van der Waals surface area (Å²) in [7, 11) is -2.26. The van der Waals surface area contributed by atoms with Gasteiger partial charge in [-0.15, -0.1) is 0 Å². The number of piperidine rings is 1. The number of para-hydroxylation sites is 1. The molecule has 2 aromatic carbocycles. The fraction of sp³-hybridized carbons (Fsp3) is 0.414. The molecule has 2 fully saturated rings. The molecule has 0 aromatic heterocycles. The Bertz CT molecular complexity index is 1480. The zero-order valence-corrected chi connectivity index (χ0v) is 23.4. The molecule has 0 radical (unpaired) electrons. The summed E-state index contributed by atoms with van der Waals surface area (Å²) in [6.07, 6.45) is 3.22. The van der Waals surface area contributed by atoms with Crippen molar-refractivity contribution >= 4 is 39.1 Å².